The second kappa shape index (κ2) is 52.9. The fourth-order valence-electron chi connectivity index (χ4n) is 2.28. The van der Waals surface area contributed by atoms with Crippen LogP contribution in [0.1, 0.15) is 34.5 Å². The number of aldehydes is 1. The summed E-state index contributed by atoms with van der Waals surface area (Å²) in [5.41, 5.74) is 1.97. The standard InChI is InChI=1S/C6H9N3O.C5H7N3O2.C5H5N3O2.C5H7N3O.2CH2I.CH3.3HI.V.4W/c1-3-5-6(10-2)7-4-8-9-5;2*1-10-5-4(2-9)8-7-3-6-5;1-4-5(9-2)6-3-7-8-4;2*1-2;;;;;;;;;/h4H,3H2,1-2H3;3,9H,2H2,1H3;2-3H,1H3;3H,1-2H3;2*1H2;1H3;3*1H;;;;;/q;;;;3*-1;;;;+3;;;;/p-3. The summed E-state index contributed by atoms with van der Waals surface area (Å²) in [5, 5.41) is 37.2. The van der Waals surface area contributed by atoms with Crippen molar-refractivity contribution in [2.45, 2.75) is 26.9 Å². The van der Waals surface area contributed by atoms with E-state index in [4.69, 9.17) is 24.1 Å². The van der Waals surface area contributed by atoms with Gasteiger partial charge >= 0.3 is 64.9 Å². The Morgan fingerprint density at radius 1 is 0.654 bits per heavy atom. The third kappa shape index (κ3) is 37.4. The van der Waals surface area contributed by atoms with E-state index in [9.17, 15) is 4.79 Å². The summed E-state index contributed by atoms with van der Waals surface area (Å²) >= 11 is 11.2. The minimum atomic E-state index is -0.278. The van der Waals surface area contributed by atoms with Gasteiger partial charge in [0.15, 0.2) is 17.7 Å². The molecular weight excluding hydrogens is 1970 g/mol. The largest absolute Gasteiger partial charge is 0 e. The Bertz CT molecular complexity index is 1260. The molecule has 18 nitrogen and oxygen atoms in total. The predicted molar refractivity (Wildman–Crippen MR) is 218 cm³/mol. The minimum absolute atomic E-state index is 0. The molecule has 0 amide bonds. The molecule has 4 heterocycles. The third-order valence-corrected chi connectivity index (χ3v) is 4.03. The van der Waals surface area contributed by atoms with Crippen molar-refractivity contribution in [3.05, 3.63) is 65.4 Å². The Balaban J connectivity index is -0.0000000752. The molecule has 0 aliphatic heterocycles. The maximum Gasteiger partial charge on any atom is 0 e. The van der Waals surface area contributed by atoms with Crippen molar-refractivity contribution < 1.29 is 118 Å². The number of hydrogen-bond acceptors (Lipinski definition) is 18. The zero-order valence-electron chi connectivity index (χ0n) is 28.5. The van der Waals surface area contributed by atoms with E-state index in [1.54, 1.807) is 21.1 Å². The molecule has 0 aromatic carbocycles. The van der Waals surface area contributed by atoms with Gasteiger partial charge in [-0.05, 0) is 13.3 Å². The average molecular weight is 2010 g/mol. The third-order valence-electron chi connectivity index (χ3n) is 4.03. The average Bonchev–Trinajstić information content (AvgIpc) is 3.13. The van der Waals surface area contributed by atoms with Crippen LogP contribution in [-0.2, 0) is 102 Å². The fourth-order valence-corrected chi connectivity index (χ4v) is 2.28. The second-order valence-electron chi connectivity index (χ2n) is 6.56. The maximum absolute atomic E-state index is 10.2. The SMILES string of the molecule is CCc1nncnc1OC.COc1ncnnc1C.COc1ncnnc1C=O.COc1ncnnc1CO.[CH2-]I.[CH2-]I.[CH3-].[I][V]([I])[I].[W].[W].[W].[W]. The molecule has 0 fully saturated rings. The van der Waals surface area contributed by atoms with Crippen LogP contribution < -0.4 is 18.9 Å². The van der Waals surface area contributed by atoms with Gasteiger partial charge in [-0.2, -0.15) is 19.9 Å². The number of ether oxygens (including phenoxy) is 4. The molecule has 0 saturated carbocycles. The summed E-state index contributed by atoms with van der Waals surface area (Å²) in [5.74, 6) is 1.62. The van der Waals surface area contributed by atoms with Gasteiger partial charge in [-0.15, -0.1) is 40.8 Å². The van der Waals surface area contributed by atoms with Crippen LogP contribution in [0, 0.1) is 24.2 Å². The van der Waals surface area contributed by atoms with Crippen molar-refractivity contribution in [2.75, 3.05) is 28.4 Å². The van der Waals surface area contributed by atoms with Crippen LogP contribution in [0.25, 0.3) is 0 Å². The number of nitrogens with zero attached hydrogens (tertiary/aromatic N) is 12. The van der Waals surface area contributed by atoms with Crippen LogP contribution in [0.3, 0.4) is 0 Å². The Hall–Kier alpha value is 1.86. The van der Waals surface area contributed by atoms with Gasteiger partial charge in [0.1, 0.15) is 36.7 Å². The Labute approximate surface area is 427 Å². The molecule has 0 radical (unpaired) electrons. The molecule has 52 heavy (non-hydrogen) atoms. The molecule has 0 unspecified atom stereocenters. The van der Waals surface area contributed by atoms with E-state index in [-0.39, 0.29) is 115 Å². The molecule has 1 N–H and O–H groups in total. The summed E-state index contributed by atoms with van der Waals surface area (Å²) in [4.78, 5) is 31.4. The molecule has 4 rings (SSSR count). The van der Waals surface area contributed by atoms with E-state index < -0.39 is 0 Å². The number of carbonyl (C=O) groups is 1. The van der Waals surface area contributed by atoms with E-state index in [0.717, 1.165) is 12.1 Å². The molecule has 0 saturated heterocycles. The second-order valence-corrected chi connectivity index (χ2v) is 41.9. The molecular formula is C24H35I5N12O6VW4-3. The van der Waals surface area contributed by atoms with E-state index in [1.807, 2.05) is 52.1 Å². The zero-order valence-corrected chi connectivity index (χ0v) is 52.5. The zero-order chi connectivity index (χ0) is 36.5. The summed E-state index contributed by atoms with van der Waals surface area (Å²) < 4.78 is 19.2. The number of halogens is 5. The molecule has 0 aliphatic rings. The van der Waals surface area contributed by atoms with Crippen molar-refractivity contribution in [3.8, 4) is 23.5 Å². The Morgan fingerprint density at radius 3 is 1.25 bits per heavy atom. The van der Waals surface area contributed by atoms with Gasteiger partial charge in [-0.1, -0.05) is 6.92 Å². The number of aliphatic hydroxyl groups is 1. The first-order chi connectivity index (χ1) is 22.7. The van der Waals surface area contributed by atoms with E-state index >= 15 is 0 Å². The number of hydrogen-bond donors (Lipinski definition) is 1. The van der Waals surface area contributed by atoms with Crippen molar-refractivity contribution in [2.24, 2.45) is 0 Å². The van der Waals surface area contributed by atoms with E-state index in [1.165, 1.54) is 39.5 Å². The Morgan fingerprint density at radius 2 is 0.981 bits per heavy atom. The first-order valence-corrected chi connectivity index (χ1v) is 28.5. The van der Waals surface area contributed by atoms with Crippen molar-refractivity contribution in [3.63, 3.8) is 0 Å². The van der Waals surface area contributed by atoms with Crippen LogP contribution >= 0.6 is 105 Å². The topological polar surface area (TPSA) is 229 Å². The molecule has 294 valence electrons. The molecule has 28 heteroatoms. The molecule has 0 atom stereocenters. The fraction of sp³-hybridized carbons (Fsp3) is 0.333. The number of carbonyl (C=O) groups excluding carboxylic acids is 1. The molecule has 0 bridgehead atoms. The van der Waals surface area contributed by atoms with Crippen LogP contribution in [0.5, 0.6) is 23.5 Å². The van der Waals surface area contributed by atoms with E-state index in [0.29, 0.717) is 35.3 Å². The first-order valence-electron chi connectivity index (χ1n) is 11.9. The number of aromatic nitrogens is 12. The monoisotopic (exact) mass is 2010 g/mol. The molecule has 4 aromatic rings. The minimum Gasteiger partial charge on any atom is 0 e. The summed E-state index contributed by atoms with van der Waals surface area (Å²) in [6.45, 7) is 3.57. The van der Waals surface area contributed by atoms with Crippen LogP contribution in [-0.4, -0.2) is 101 Å². The van der Waals surface area contributed by atoms with Crippen molar-refractivity contribution in [1.29, 1.82) is 0 Å². The normalized spacial score (nSPS) is 7.83. The van der Waals surface area contributed by atoms with Gasteiger partial charge in [-0.3, -0.25) is 14.7 Å². The van der Waals surface area contributed by atoms with Crippen LogP contribution in [0.4, 0.5) is 0 Å². The molecule has 4 aromatic heterocycles. The van der Waals surface area contributed by atoms with Gasteiger partial charge in [0.05, 0.1) is 35.0 Å². The smallest absolute Gasteiger partial charge is 0 e. The van der Waals surface area contributed by atoms with Crippen LogP contribution in [0.15, 0.2) is 25.3 Å². The first kappa shape index (κ1) is 71.6. The van der Waals surface area contributed by atoms with Gasteiger partial charge in [0.25, 0.3) is 0 Å². The number of aryl methyl sites for hydroxylation is 2. The quantitative estimate of drug-likeness (QED) is 0.142. The number of methoxy groups -OCH3 is 4. The summed E-state index contributed by atoms with van der Waals surface area (Å²) in [7, 11) is 6.00. The van der Waals surface area contributed by atoms with Gasteiger partial charge in [0.2, 0.25) is 23.5 Å². The molecule has 0 spiro atoms. The predicted octanol–water partition coefficient (Wildman–Crippen LogP) is 5.22. The van der Waals surface area contributed by atoms with Gasteiger partial charge in [0, 0.05) is 84.3 Å². The van der Waals surface area contributed by atoms with E-state index in [2.05, 4.69) is 131 Å². The maximum atomic E-state index is 10.2. The number of rotatable bonds is 7. The van der Waals surface area contributed by atoms with Gasteiger partial charge < -0.3 is 76.7 Å². The van der Waals surface area contributed by atoms with Crippen molar-refractivity contribution in [1.82, 2.24) is 60.7 Å². The van der Waals surface area contributed by atoms with Crippen molar-refractivity contribution >= 4 is 111 Å². The summed E-state index contributed by atoms with van der Waals surface area (Å²) in [6, 6.07) is 0. The Kier molecular flexibility index (Phi) is 72.7. The number of aliphatic hydroxyl groups excluding tert-OH is 1. The summed E-state index contributed by atoms with van der Waals surface area (Å²) in [6.07, 6.45) is 6.54. The van der Waals surface area contributed by atoms with Crippen LogP contribution in [0.2, 0.25) is 0 Å². The molecule has 0 aliphatic carbocycles. The van der Waals surface area contributed by atoms with Gasteiger partial charge in [-0.25, -0.2) is 0 Å².